The molecule has 0 bridgehead atoms. The summed E-state index contributed by atoms with van der Waals surface area (Å²) in [6.45, 7) is 4.95. The van der Waals surface area contributed by atoms with E-state index in [2.05, 4.69) is 28.3 Å². The maximum absolute atomic E-state index is 11.4. The van der Waals surface area contributed by atoms with Gasteiger partial charge in [-0.2, -0.15) is 0 Å². The second-order valence-corrected chi connectivity index (χ2v) is 7.32. The number of ether oxygens (including phenoxy) is 2. The minimum Gasteiger partial charge on any atom is -0.496 e. The Labute approximate surface area is 173 Å². The molecule has 8 heteroatoms. The number of nitrogens with zero attached hydrogens (tertiary/aromatic N) is 2. The monoisotopic (exact) mass is 413 g/mol. The number of anilines is 1. The highest BCUT2D eigenvalue weighted by Gasteiger charge is 2.18. The van der Waals surface area contributed by atoms with Gasteiger partial charge in [0.05, 0.1) is 24.3 Å². The zero-order valence-corrected chi connectivity index (χ0v) is 17.4. The zero-order chi connectivity index (χ0) is 20.8. The van der Waals surface area contributed by atoms with Gasteiger partial charge in [-0.25, -0.2) is 14.8 Å². The molecule has 0 saturated carbocycles. The van der Waals surface area contributed by atoms with Crippen LogP contribution in [0.1, 0.15) is 27.7 Å². The Kier molecular flexibility index (Phi) is 6.66. The summed E-state index contributed by atoms with van der Waals surface area (Å²) in [4.78, 5) is 20.9. The van der Waals surface area contributed by atoms with Gasteiger partial charge in [0.2, 0.25) is 0 Å². The standard InChI is InChI=1S/C21H23N3O4S/c1-4-28-17-11-18(29-20(17)21(25)26)15-10-19(24-12-23-15)22-9-8-14-13(2)6-5-7-16(14)27-3/h5-7,10-12H,4,8-9H2,1-3H3,(H,25,26)(H,22,23,24). The molecule has 0 aliphatic rings. The number of carboxylic acid groups (broad SMARTS) is 1. The van der Waals surface area contributed by atoms with Crippen molar-refractivity contribution in [2.24, 2.45) is 0 Å². The van der Waals surface area contributed by atoms with Gasteiger partial charge in [0.15, 0.2) is 4.88 Å². The van der Waals surface area contributed by atoms with Crippen molar-refractivity contribution in [3.8, 4) is 22.1 Å². The molecule has 3 rings (SSSR count). The van der Waals surface area contributed by atoms with Crippen LogP contribution in [0.5, 0.6) is 11.5 Å². The van der Waals surface area contributed by atoms with Crippen molar-refractivity contribution in [3.05, 3.63) is 52.7 Å². The number of benzene rings is 1. The molecule has 29 heavy (non-hydrogen) atoms. The summed E-state index contributed by atoms with van der Waals surface area (Å²) < 4.78 is 10.9. The molecule has 0 unspecified atom stereocenters. The van der Waals surface area contributed by atoms with Crippen molar-refractivity contribution in [1.29, 1.82) is 0 Å². The first-order chi connectivity index (χ1) is 14.0. The number of aryl methyl sites for hydroxylation is 1. The lowest BCUT2D eigenvalue weighted by Gasteiger charge is -2.12. The van der Waals surface area contributed by atoms with Gasteiger partial charge in [-0.15, -0.1) is 11.3 Å². The zero-order valence-electron chi connectivity index (χ0n) is 16.6. The first kappa shape index (κ1) is 20.6. The second kappa shape index (κ2) is 9.38. The number of methoxy groups -OCH3 is 1. The van der Waals surface area contributed by atoms with Crippen molar-refractivity contribution >= 4 is 23.1 Å². The summed E-state index contributed by atoms with van der Waals surface area (Å²) >= 11 is 1.14. The number of nitrogens with one attached hydrogen (secondary N) is 1. The molecule has 3 aromatic rings. The van der Waals surface area contributed by atoms with Crippen molar-refractivity contribution in [1.82, 2.24) is 9.97 Å². The van der Waals surface area contributed by atoms with Crippen molar-refractivity contribution in [2.45, 2.75) is 20.3 Å². The summed E-state index contributed by atoms with van der Waals surface area (Å²) in [6, 6.07) is 9.51. The third-order valence-corrected chi connectivity index (χ3v) is 5.51. The molecular formula is C21H23N3O4S. The maximum atomic E-state index is 11.4. The summed E-state index contributed by atoms with van der Waals surface area (Å²) in [5.41, 5.74) is 2.98. The van der Waals surface area contributed by atoms with Gasteiger partial charge in [0.1, 0.15) is 23.6 Å². The van der Waals surface area contributed by atoms with Crippen LogP contribution in [0.3, 0.4) is 0 Å². The lowest BCUT2D eigenvalue weighted by atomic mass is 10.0. The van der Waals surface area contributed by atoms with Crippen LogP contribution in [-0.4, -0.2) is 41.3 Å². The van der Waals surface area contributed by atoms with E-state index < -0.39 is 5.97 Å². The Hall–Kier alpha value is -3.13. The van der Waals surface area contributed by atoms with Gasteiger partial charge in [0.25, 0.3) is 0 Å². The summed E-state index contributed by atoms with van der Waals surface area (Å²) in [5, 5.41) is 12.7. The first-order valence-corrected chi connectivity index (χ1v) is 10.0. The van der Waals surface area contributed by atoms with Gasteiger partial charge in [-0.3, -0.25) is 0 Å². The SMILES string of the molecule is CCOc1cc(-c2cc(NCCc3c(C)cccc3OC)ncn2)sc1C(=O)O. The molecule has 0 aliphatic heterocycles. The van der Waals surface area contributed by atoms with Crippen LogP contribution in [0.2, 0.25) is 0 Å². The molecule has 1 aromatic carbocycles. The van der Waals surface area contributed by atoms with Gasteiger partial charge in [-0.05, 0) is 37.5 Å². The van der Waals surface area contributed by atoms with Crippen LogP contribution in [-0.2, 0) is 6.42 Å². The molecule has 2 heterocycles. The molecule has 7 nitrogen and oxygen atoms in total. The maximum Gasteiger partial charge on any atom is 0.349 e. The van der Waals surface area contributed by atoms with Crippen LogP contribution < -0.4 is 14.8 Å². The van der Waals surface area contributed by atoms with E-state index in [9.17, 15) is 9.90 Å². The minimum atomic E-state index is -1.01. The number of aromatic carboxylic acids is 1. The fourth-order valence-electron chi connectivity index (χ4n) is 3.00. The first-order valence-electron chi connectivity index (χ1n) is 9.22. The molecule has 0 atom stereocenters. The Bertz CT molecular complexity index is 1000. The molecule has 0 saturated heterocycles. The molecule has 0 spiro atoms. The average Bonchev–Trinajstić information content (AvgIpc) is 3.14. The summed E-state index contributed by atoms with van der Waals surface area (Å²) in [7, 11) is 1.67. The number of aromatic nitrogens is 2. The fraction of sp³-hybridized carbons (Fsp3) is 0.286. The number of rotatable bonds is 9. The van der Waals surface area contributed by atoms with Crippen LogP contribution in [0.4, 0.5) is 5.82 Å². The Balaban J connectivity index is 1.74. The molecule has 2 aromatic heterocycles. The second-order valence-electron chi connectivity index (χ2n) is 6.26. The highest BCUT2D eigenvalue weighted by Crippen LogP contribution is 2.36. The number of carboxylic acids is 1. The lowest BCUT2D eigenvalue weighted by molar-refractivity contribution is 0.0698. The van der Waals surface area contributed by atoms with E-state index in [-0.39, 0.29) is 4.88 Å². The summed E-state index contributed by atoms with van der Waals surface area (Å²) in [6.07, 6.45) is 2.25. The third-order valence-electron chi connectivity index (χ3n) is 4.38. The van der Waals surface area contributed by atoms with E-state index in [0.29, 0.717) is 30.4 Å². The number of hydrogen-bond acceptors (Lipinski definition) is 7. The molecule has 0 radical (unpaired) electrons. The highest BCUT2D eigenvalue weighted by atomic mass is 32.1. The largest absolute Gasteiger partial charge is 0.496 e. The molecule has 0 amide bonds. The molecular weight excluding hydrogens is 390 g/mol. The third kappa shape index (κ3) is 4.83. The van der Waals surface area contributed by atoms with Crippen LogP contribution in [0.25, 0.3) is 10.6 Å². The van der Waals surface area contributed by atoms with Crippen molar-refractivity contribution in [3.63, 3.8) is 0 Å². The number of thiophene rings is 1. The molecule has 152 valence electrons. The van der Waals surface area contributed by atoms with Crippen LogP contribution in [0.15, 0.2) is 36.7 Å². The number of carbonyl (C=O) groups is 1. The Morgan fingerprint density at radius 1 is 1.24 bits per heavy atom. The van der Waals surface area contributed by atoms with Crippen molar-refractivity contribution in [2.75, 3.05) is 25.6 Å². The van der Waals surface area contributed by atoms with Gasteiger partial charge >= 0.3 is 5.97 Å². The Morgan fingerprint density at radius 2 is 2.07 bits per heavy atom. The fourth-order valence-corrected chi connectivity index (χ4v) is 3.91. The molecule has 2 N–H and O–H groups in total. The van der Waals surface area contributed by atoms with E-state index in [1.807, 2.05) is 25.1 Å². The Morgan fingerprint density at radius 3 is 2.79 bits per heavy atom. The normalized spacial score (nSPS) is 10.6. The quantitative estimate of drug-likeness (QED) is 0.541. The number of hydrogen-bond donors (Lipinski definition) is 2. The van der Waals surface area contributed by atoms with Crippen LogP contribution >= 0.6 is 11.3 Å². The minimum absolute atomic E-state index is 0.168. The lowest BCUT2D eigenvalue weighted by Crippen LogP contribution is -2.08. The predicted octanol–water partition coefficient (Wildman–Crippen LogP) is 4.27. The van der Waals surface area contributed by atoms with E-state index in [1.54, 1.807) is 13.2 Å². The van der Waals surface area contributed by atoms with Crippen LogP contribution in [0, 0.1) is 6.92 Å². The summed E-state index contributed by atoms with van der Waals surface area (Å²) in [5.74, 6) is 0.897. The van der Waals surface area contributed by atoms with Gasteiger partial charge in [-0.1, -0.05) is 12.1 Å². The van der Waals surface area contributed by atoms with E-state index in [0.717, 1.165) is 33.9 Å². The van der Waals surface area contributed by atoms with E-state index in [1.165, 1.54) is 11.9 Å². The highest BCUT2D eigenvalue weighted by molar-refractivity contribution is 7.17. The van der Waals surface area contributed by atoms with Gasteiger partial charge < -0.3 is 19.9 Å². The van der Waals surface area contributed by atoms with Crippen molar-refractivity contribution < 1.29 is 19.4 Å². The average molecular weight is 413 g/mol. The van der Waals surface area contributed by atoms with Gasteiger partial charge in [0, 0.05) is 18.7 Å². The van der Waals surface area contributed by atoms with E-state index >= 15 is 0 Å². The predicted molar refractivity (Wildman–Crippen MR) is 113 cm³/mol. The topological polar surface area (TPSA) is 93.6 Å². The molecule has 0 fully saturated rings. The molecule has 0 aliphatic carbocycles. The smallest absolute Gasteiger partial charge is 0.349 e. The van der Waals surface area contributed by atoms with E-state index in [4.69, 9.17) is 9.47 Å².